The van der Waals surface area contributed by atoms with Gasteiger partial charge in [0.25, 0.3) is 0 Å². The maximum atomic E-state index is 13.6. The smallest absolute Gasteiger partial charge is 0.305 e. The summed E-state index contributed by atoms with van der Waals surface area (Å²) in [7, 11) is 0. The Bertz CT molecular complexity index is 1130. The van der Waals surface area contributed by atoms with Crippen molar-refractivity contribution in [3.8, 4) is 5.75 Å². The van der Waals surface area contributed by atoms with Gasteiger partial charge in [-0.3, -0.25) is 9.59 Å². The number of phenolic OH excluding ortho intramolecular Hbond substituents is 1. The number of thiazole rings is 1. The van der Waals surface area contributed by atoms with Gasteiger partial charge in [-0.1, -0.05) is 17.4 Å². The van der Waals surface area contributed by atoms with Gasteiger partial charge in [-0.15, -0.1) is 0 Å². The highest BCUT2D eigenvalue weighted by molar-refractivity contribution is 7.16. The first-order valence-corrected chi connectivity index (χ1v) is 11.2. The molecular formula is C22H26F2N4O3S. The number of phenols is 1. The van der Waals surface area contributed by atoms with Gasteiger partial charge in [-0.05, 0) is 61.2 Å². The fraction of sp³-hybridized carbons (Fsp3) is 0.364. The van der Waals surface area contributed by atoms with Crippen LogP contribution in [0, 0.1) is 11.6 Å². The van der Waals surface area contributed by atoms with Gasteiger partial charge >= 0.3 is 4.87 Å². The zero-order valence-electron chi connectivity index (χ0n) is 17.4. The van der Waals surface area contributed by atoms with E-state index in [4.69, 9.17) is 5.73 Å². The van der Waals surface area contributed by atoms with Crippen LogP contribution in [0.25, 0.3) is 10.2 Å². The molecule has 0 aliphatic rings. The normalized spacial score (nSPS) is 12.2. The number of amides is 1. The first-order valence-electron chi connectivity index (χ1n) is 10.3. The van der Waals surface area contributed by atoms with Crippen LogP contribution in [0.5, 0.6) is 5.75 Å². The second-order valence-corrected chi connectivity index (χ2v) is 8.53. The molecule has 172 valence electrons. The quantitative estimate of drug-likeness (QED) is 0.279. The number of aromatic amines is 1. The van der Waals surface area contributed by atoms with E-state index in [0.717, 1.165) is 39.8 Å². The monoisotopic (exact) mass is 464 g/mol. The minimum atomic E-state index is -0.501. The lowest BCUT2D eigenvalue weighted by atomic mass is 10.0. The molecule has 0 saturated carbocycles. The van der Waals surface area contributed by atoms with E-state index in [1.807, 2.05) is 0 Å². The van der Waals surface area contributed by atoms with E-state index < -0.39 is 17.7 Å². The Morgan fingerprint density at radius 1 is 1.12 bits per heavy atom. The van der Waals surface area contributed by atoms with Crippen molar-refractivity contribution in [2.45, 2.75) is 31.7 Å². The zero-order chi connectivity index (χ0) is 23.1. The number of nitrogens with two attached hydrogens (primary N) is 1. The highest BCUT2D eigenvalue weighted by Gasteiger charge is 2.12. The zero-order valence-corrected chi connectivity index (χ0v) is 18.2. The van der Waals surface area contributed by atoms with E-state index in [-0.39, 0.29) is 34.9 Å². The predicted octanol–water partition coefficient (Wildman–Crippen LogP) is 2.17. The van der Waals surface area contributed by atoms with Crippen LogP contribution in [-0.2, 0) is 17.6 Å². The molecule has 1 aromatic heterocycles. The van der Waals surface area contributed by atoms with Crippen LogP contribution in [-0.4, -0.2) is 41.7 Å². The fourth-order valence-corrected chi connectivity index (χ4v) is 4.29. The molecule has 3 rings (SSSR count). The average molecular weight is 465 g/mol. The van der Waals surface area contributed by atoms with Crippen molar-refractivity contribution in [2.24, 2.45) is 5.73 Å². The number of H-pyrrole nitrogens is 1. The number of halogens is 2. The second-order valence-electron chi connectivity index (χ2n) is 7.55. The molecule has 0 bridgehead atoms. The Hall–Kier alpha value is -2.82. The van der Waals surface area contributed by atoms with Crippen molar-refractivity contribution < 1.29 is 18.7 Å². The molecule has 2 aromatic carbocycles. The lowest BCUT2D eigenvalue weighted by Crippen LogP contribution is -2.36. The van der Waals surface area contributed by atoms with Gasteiger partial charge in [0.1, 0.15) is 22.9 Å². The molecule has 0 radical (unpaired) electrons. The largest absolute Gasteiger partial charge is 0.506 e. The van der Waals surface area contributed by atoms with Crippen molar-refractivity contribution >= 4 is 27.5 Å². The molecule has 6 N–H and O–H groups in total. The number of nitrogens with one attached hydrogen (secondary N) is 3. The molecule has 32 heavy (non-hydrogen) atoms. The minimum Gasteiger partial charge on any atom is -0.506 e. The highest BCUT2D eigenvalue weighted by Crippen LogP contribution is 2.27. The van der Waals surface area contributed by atoms with Crippen LogP contribution in [0.15, 0.2) is 35.1 Å². The summed E-state index contributed by atoms with van der Waals surface area (Å²) in [5.41, 5.74) is 7.62. The fourth-order valence-electron chi connectivity index (χ4n) is 3.40. The van der Waals surface area contributed by atoms with Crippen LogP contribution in [0.2, 0.25) is 0 Å². The molecule has 7 nitrogen and oxygen atoms in total. The molecular weight excluding hydrogens is 438 g/mol. The molecule has 10 heteroatoms. The third kappa shape index (κ3) is 6.59. The Kier molecular flexibility index (Phi) is 8.32. The number of rotatable bonds is 11. The number of benzene rings is 2. The number of carbonyl (C=O) groups excluding carboxylic acids is 1. The van der Waals surface area contributed by atoms with Crippen LogP contribution in [0.1, 0.15) is 24.0 Å². The van der Waals surface area contributed by atoms with Crippen LogP contribution >= 0.6 is 11.3 Å². The Morgan fingerprint density at radius 2 is 1.94 bits per heavy atom. The lowest BCUT2D eigenvalue weighted by molar-refractivity contribution is -0.121. The topological polar surface area (TPSA) is 120 Å². The highest BCUT2D eigenvalue weighted by atomic mass is 32.1. The van der Waals surface area contributed by atoms with Crippen molar-refractivity contribution in [3.05, 3.63) is 62.8 Å². The maximum absolute atomic E-state index is 13.6. The van der Waals surface area contributed by atoms with Crippen LogP contribution in [0.3, 0.4) is 0 Å². The molecule has 3 aromatic rings. The third-order valence-electron chi connectivity index (χ3n) is 5.07. The van der Waals surface area contributed by atoms with Gasteiger partial charge in [0, 0.05) is 25.6 Å². The molecule has 1 heterocycles. The van der Waals surface area contributed by atoms with Crippen LogP contribution < -0.4 is 21.2 Å². The van der Waals surface area contributed by atoms with Crippen molar-refractivity contribution in [1.29, 1.82) is 0 Å². The van der Waals surface area contributed by atoms with E-state index in [1.165, 1.54) is 0 Å². The van der Waals surface area contributed by atoms with E-state index in [9.17, 15) is 23.5 Å². The summed E-state index contributed by atoms with van der Waals surface area (Å²) in [6.45, 7) is 1.62. The molecule has 0 aliphatic carbocycles. The number of aromatic hydroxyl groups is 1. The summed E-state index contributed by atoms with van der Waals surface area (Å²) in [6, 6.07) is 6.20. The second kappa shape index (κ2) is 11.2. The Morgan fingerprint density at radius 3 is 2.75 bits per heavy atom. The summed E-state index contributed by atoms with van der Waals surface area (Å²) in [6.07, 6.45) is 1.41. The molecule has 0 spiro atoms. The summed E-state index contributed by atoms with van der Waals surface area (Å²) >= 11 is 1.07. The third-order valence-corrected chi connectivity index (χ3v) is 6.03. The van der Waals surface area contributed by atoms with Crippen molar-refractivity contribution in [1.82, 2.24) is 15.6 Å². The number of aromatic nitrogens is 1. The molecule has 1 unspecified atom stereocenters. The van der Waals surface area contributed by atoms with Gasteiger partial charge in [-0.25, -0.2) is 8.78 Å². The minimum absolute atomic E-state index is 0.0528. The Balaban J connectivity index is 1.32. The summed E-state index contributed by atoms with van der Waals surface area (Å²) in [5, 5.41) is 15.8. The van der Waals surface area contributed by atoms with E-state index in [0.29, 0.717) is 38.0 Å². The van der Waals surface area contributed by atoms with Gasteiger partial charge in [-0.2, -0.15) is 0 Å². The molecule has 0 aliphatic heterocycles. The summed E-state index contributed by atoms with van der Waals surface area (Å²) < 4.78 is 27.6. The summed E-state index contributed by atoms with van der Waals surface area (Å²) in [4.78, 5) is 26.0. The average Bonchev–Trinajstić information content (AvgIpc) is 3.15. The van der Waals surface area contributed by atoms with Gasteiger partial charge < -0.3 is 26.5 Å². The summed E-state index contributed by atoms with van der Waals surface area (Å²) in [5.74, 6) is -1.12. The number of carbonyl (C=O) groups is 1. The van der Waals surface area contributed by atoms with E-state index in [1.54, 1.807) is 12.1 Å². The number of hydrogen-bond donors (Lipinski definition) is 5. The Labute approximate surface area is 187 Å². The molecule has 1 atom stereocenters. The van der Waals surface area contributed by atoms with Gasteiger partial charge in [0.2, 0.25) is 5.91 Å². The first kappa shape index (κ1) is 23.8. The van der Waals surface area contributed by atoms with E-state index in [2.05, 4.69) is 15.6 Å². The van der Waals surface area contributed by atoms with Gasteiger partial charge in [0.15, 0.2) is 0 Å². The standard InChI is InChI=1S/C22H26F2N4O3S/c23-15-3-5-17(24)14(11-15)1-4-16(25)12-19(30)27-10-9-26-8-7-13-2-6-18(29)20-21(13)32-22(31)28-20/h2-3,5-6,11,16,26,29H,1,4,7-10,12,25H2,(H,27,30)(H,28,31). The molecule has 0 saturated heterocycles. The predicted molar refractivity (Wildman–Crippen MR) is 121 cm³/mol. The van der Waals surface area contributed by atoms with E-state index >= 15 is 0 Å². The number of fused-ring (bicyclic) bond motifs is 1. The maximum Gasteiger partial charge on any atom is 0.305 e. The van der Waals surface area contributed by atoms with Crippen molar-refractivity contribution in [2.75, 3.05) is 19.6 Å². The lowest BCUT2D eigenvalue weighted by Gasteiger charge is -2.12. The van der Waals surface area contributed by atoms with Crippen molar-refractivity contribution in [3.63, 3.8) is 0 Å². The van der Waals surface area contributed by atoms with Crippen LogP contribution in [0.4, 0.5) is 8.78 Å². The molecule has 0 fully saturated rings. The molecule has 1 amide bonds. The first-order chi connectivity index (χ1) is 15.3. The SMILES string of the molecule is NC(CCc1cc(F)ccc1F)CC(=O)NCCNCCc1ccc(O)c2[nH]c(=O)sc12. The number of aryl methyl sites for hydroxylation is 1. The van der Waals surface area contributed by atoms with Gasteiger partial charge in [0.05, 0.1) is 4.70 Å². The number of hydrogen-bond acceptors (Lipinski definition) is 6.